The van der Waals surface area contributed by atoms with Crippen molar-refractivity contribution in [2.24, 2.45) is 5.73 Å². The smallest absolute Gasteiger partial charge is 0.133 e. The van der Waals surface area contributed by atoms with Gasteiger partial charge in [0.15, 0.2) is 0 Å². The predicted molar refractivity (Wildman–Crippen MR) is 73.4 cm³/mol. The van der Waals surface area contributed by atoms with E-state index in [1.165, 1.54) is 16.7 Å². The first-order valence-electron chi connectivity index (χ1n) is 6.17. The molecular weight excluding hydrogens is 222 g/mol. The van der Waals surface area contributed by atoms with Crippen LogP contribution in [0.3, 0.4) is 0 Å². The van der Waals surface area contributed by atoms with Crippen molar-refractivity contribution in [2.45, 2.75) is 33.7 Å². The molecule has 0 aliphatic carbocycles. The number of rotatable bonds is 3. The molecule has 0 aliphatic heterocycles. The van der Waals surface area contributed by atoms with E-state index in [4.69, 9.17) is 5.73 Å². The van der Waals surface area contributed by atoms with Crippen LogP contribution in [0, 0.1) is 20.8 Å². The second-order valence-electron chi connectivity index (χ2n) is 4.79. The van der Waals surface area contributed by atoms with Crippen molar-refractivity contribution >= 4 is 0 Å². The maximum Gasteiger partial charge on any atom is 0.133 e. The Bertz CT molecular complexity index is 541. The quantitative estimate of drug-likeness (QED) is 0.898. The molecule has 0 atom stereocenters. The minimum Gasteiger partial charge on any atom is -0.325 e. The summed E-state index contributed by atoms with van der Waals surface area (Å²) in [5.41, 5.74) is 11.3. The average molecular weight is 241 g/mol. The molecule has 0 aliphatic rings. The molecule has 1 aromatic heterocycles. The van der Waals surface area contributed by atoms with Crippen LogP contribution < -0.4 is 5.73 Å². The third-order valence-corrected chi connectivity index (χ3v) is 2.81. The van der Waals surface area contributed by atoms with Crippen LogP contribution in [0.4, 0.5) is 0 Å². The number of hydrogen-bond donors (Lipinski definition) is 1. The highest BCUT2D eigenvalue weighted by Crippen LogP contribution is 2.12. The SMILES string of the molecule is Cc1cc(C)cc(Cc2nc(C)cc(CN)n2)c1. The third kappa shape index (κ3) is 3.14. The summed E-state index contributed by atoms with van der Waals surface area (Å²) in [5, 5.41) is 0. The van der Waals surface area contributed by atoms with Gasteiger partial charge in [-0.1, -0.05) is 29.3 Å². The van der Waals surface area contributed by atoms with Crippen molar-refractivity contribution in [1.82, 2.24) is 9.97 Å². The minimum absolute atomic E-state index is 0.462. The molecule has 0 unspecified atom stereocenters. The lowest BCUT2D eigenvalue weighted by Gasteiger charge is -2.06. The van der Waals surface area contributed by atoms with Crippen molar-refractivity contribution in [1.29, 1.82) is 0 Å². The van der Waals surface area contributed by atoms with Gasteiger partial charge in [0, 0.05) is 18.7 Å². The largest absolute Gasteiger partial charge is 0.325 e. The molecule has 0 saturated heterocycles. The van der Waals surface area contributed by atoms with Gasteiger partial charge in [0.1, 0.15) is 5.82 Å². The summed E-state index contributed by atoms with van der Waals surface area (Å²) in [6.07, 6.45) is 0.761. The number of nitrogens with zero attached hydrogens (tertiary/aromatic N) is 2. The van der Waals surface area contributed by atoms with Crippen molar-refractivity contribution in [2.75, 3.05) is 0 Å². The van der Waals surface area contributed by atoms with E-state index in [1.807, 2.05) is 13.0 Å². The average Bonchev–Trinajstić information content (AvgIpc) is 2.26. The molecule has 2 N–H and O–H groups in total. The summed E-state index contributed by atoms with van der Waals surface area (Å²) in [4.78, 5) is 8.94. The molecular formula is C15H19N3. The van der Waals surface area contributed by atoms with Crippen molar-refractivity contribution < 1.29 is 0 Å². The van der Waals surface area contributed by atoms with E-state index in [2.05, 4.69) is 42.0 Å². The van der Waals surface area contributed by atoms with E-state index in [0.29, 0.717) is 6.54 Å². The predicted octanol–water partition coefficient (Wildman–Crippen LogP) is 2.45. The van der Waals surface area contributed by atoms with Gasteiger partial charge in [-0.05, 0) is 32.4 Å². The van der Waals surface area contributed by atoms with Crippen LogP contribution in [0.15, 0.2) is 24.3 Å². The number of nitrogens with two attached hydrogens (primary N) is 1. The van der Waals surface area contributed by atoms with E-state index in [-0.39, 0.29) is 0 Å². The summed E-state index contributed by atoms with van der Waals surface area (Å²) in [7, 11) is 0. The Labute approximate surface area is 108 Å². The zero-order valence-electron chi connectivity index (χ0n) is 11.2. The first kappa shape index (κ1) is 12.7. The minimum atomic E-state index is 0.462. The first-order valence-corrected chi connectivity index (χ1v) is 6.17. The Balaban J connectivity index is 2.30. The Kier molecular flexibility index (Phi) is 3.72. The third-order valence-electron chi connectivity index (χ3n) is 2.81. The molecule has 94 valence electrons. The van der Waals surface area contributed by atoms with Crippen LogP contribution in [-0.2, 0) is 13.0 Å². The van der Waals surface area contributed by atoms with Crippen LogP contribution in [0.2, 0.25) is 0 Å². The van der Waals surface area contributed by atoms with E-state index in [0.717, 1.165) is 23.6 Å². The second kappa shape index (κ2) is 5.27. The van der Waals surface area contributed by atoms with Crippen LogP contribution >= 0.6 is 0 Å². The van der Waals surface area contributed by atoms with Gasteiger partial charge in [-0.3, -0.25) is 0 Å². The Hall–Kier alpha value is -1.74. The molecule has 2 rings (SSSR count). The van der Waals surface area contributed by atoms with Gasteiger partial charge >= 0.3 is 0 Å². The van der Waals surface area contributed by atoms with Gasteiger partial charge in [0.2, 0.25) is 0 Å². The molecule has 1 heterocycles. The molecule has 0 amide bonds. The van der Waals surface area contributed by atoms with E-state index in [1.54, 1.807) is 0 Å². The highest BCUT2D eigenvalue weighted by Gasteiger charge is 2.04. The number of hydrogen-bond acceptors (Lipinski definition) is 3. The number of aryl methyl sites for hydroxylation is 3. The lowest BCUT2D eigenvalue weighted by Crippen LogP contribution is -2.06. The topological polar surface area (TPSA) is 51.8 Å². The first-order chi connectivity index (χ1) is 8.56. The van der Waals surface area contributed by atoms with Gasteiger partial charge in [-0.15, -0.1) is 0 Å². The Morgan fingerprint density at radius 2 is 1.61 bits per heavy atom. The fourth-order valence-electron chi connectivity index (χ4n) is 2.24. The van der Waals surface area contributed by atoms with Gasteiger partial charge in [0.05, 0.1) is 5.69 Å². The van der Waals surface area contributed by atoms with E-state index in [9.17, 15) is 0 Å². The van der Waals surface area contributed by atoms with Crippen molar-refractivity contribution in [3.8, 4) is 0 Å². The summed E-state index contributed by atoms with van der Waals surface area (Å²) >= 11 is 0. The van der Waals surface area contributed by atoms with Crippen molar-refractivity contribution in [3.05, 3.63) is 58.2 Å². The molecule has 3 nitrogen and oxygen atoms in total. The molecule has 1 aromatic carbocycles. The van der Waals surface area contributed by atoms with Gasteiger partial charge in [-0.25, -0.2) is 9.97 Å². The maximum atomic E-state index is 5.64. The monoisotopic (exact) mass is 241 g/mol. The van der Waals surface area contributed by atoms with Crippen molar-refractivity contribution in [3.63, 3.8) is 0 Å². The normalized spacial score (nSPS) is 10.7. The fourth-order valence-corrected chi connectivity index (χ4v) is 2.24. The molecule has 0 saturated carbocycles. The molecule has 0 bridgehead atoms. The van der Waals surface area contributed by atoms with Gasteiger partial charge in [-0.2, -0.15) is 0 Å². The molecule has 2 aromatic rings. The van der Waals surface area contributed by atoms with Crippen LogP contribution in [0.1, 0.15) is 33.9 Å². The Morgan fingerprint density at radius 1 is 0.944 bits per heavy atom. The molecule has 3 heteroatoms. The van der Waals surface area contributed by atoms with Crippen LogP contribution in [0.5, 0.6) is 0 Å². The zero-order chi connectivity index (χ0) is 13.1. The number of aromatic nitrogens is 2. The van der Waals surface area contributed by atoms with E-state index < -0.39 is 0 Å². The standard InChI is InChI=1S/C15H19N3/c1-10-4-11(2)6-13(5-10)8-15-17-12(3)7-14(9-16)18-15/h4-7H,8-9,16H2,1-3H3. The molecule has 18 heavy (non-hydrogen) atoms. The summed E-state index contributed by atoms with van der Waals surface area (Å²) in [5.74, 6) is 0.848. The lowest BCUT2D eigenvalue weighted by atomic mass is 10.0. The van der Waals surface area contributed by atoms with Crippen LogP contribution in [0.25, 0.3) is 0 Å². The van der Waals surface area contributed by atoms with Gasteiger partial charge in [0.25, 0.3) is 0 Å². The lowest BCUT2D eigenvalue weighted by molar-refractivity contribution is 0.873. The second-order valence-corrected chi connectivity index (χ2v) is 4.79. The molecule has 0 spiro atoms. The highest BCUT2D eigenvalue weighted by molar-refractivity contribution is 5.30. The van der Waals surface area contributed by atoms with Gasteiger partial charge < -0.3 is 5.73 Å². The van der Waals surface area contributed by atoms with Crippen LogP contribution in [-0.4, -0.2) is 9.97 Å². The summed E-state index contributed by atoms with van der Waals surface area (Å²) in [6.45, 7) is 6.66. The van der Waals surface area contributed by atoms with E-state index >= 15 is 0 Å². The fraction of sp³-hybridized carbons (Fsp3) is 0.333. The number of benzene rings is 1. The molecule has 0 radical (unpaired) electrons. The Morgan fingerprint density at radius 3 is 2.22 bits per heavy atom. The summed E-state index contributed by atoms with van der Waals surface area (Å²) < 4.78 is 0. The maximum absolute atomic E-state index is 5.64. The highest BCUT2D eigenvalue weighted by atomic mass is 14.9. The molecule has 0 fully saturated rings. The summed E-state index contributed by atoms with van der Waals surface area (Å²) in [6, 6.07) is 8.47. The zero-order valence-corrected chi connectivity index (χ0v) is 11.2.